The van der Waals surface area contributed by atoms with Gasteiger partial charge in [-0.2, -0.15) is 4.31 Å². The predicted octanol–water partition coefficient (Wildman–Crippen LogP) is 2.23. The minimum Gasteiger partial charge on any atom is -0.345 e. The van der Waals surface area contributed by atoms with Crippen molar-refractivity contribution in [2.45, 2.75) is 24.7 Å². The number of aromatic nitrogens is 2. The Kier molecular flexibility index (Phi) is 4.91. The second-order valence-electron chi connectivity index (χ2n) is 5.82. The molecule has 3 rings (SSSR count). The largest absolute Gasteiger partial charge is 0.345 e. The fraction of sp³-hybridized carbons (Fsp3) is 0.533. The van der Waals surface area contributed by atoms with Gasteiger partial charge >= 0.3 is 0 Å². The number of hydrogen-bond donors (Lipinski definition) is 2. The van der Waals surface area contributed by atoms with E-state index in [0.717, 1.165) is 25.9 Å². The summed E-state index contributed by atoms with van der Waals surface area (Å²) in [6.45, 7) is 5.06. The summed E-state index contributed by atoms with van der Waals surface area (Å²) < 4.78 is 27.4. The molecule has 2 aromatic heterocycles. The minimum atomic E-state index is -3.55. The molecule has 1 aliphatic rings. The molecule has 23 heavy (non-hydrogen) atoms. The number of fused-ring (bicyclic) bond motifs is 1. The van der Waals surface area contributed by atoms with Crippen molar-refractivity contribution in [2.24, 2.45) is 5.92 Å². The summed E-state index contributed by atoms with van der Waals surface area (Å²) in [5.41, 5.74) is 0.498. The molecular formula is C15H21ClN4O2S. The first-order valence-corrected chi connectivity index (χ1v) is 9.68. The number of hydrogen-bond acceptors (Lipinski definition) is 4. The average Bonchev–Trinajstić information content (AvgIpc) is 2.99. The van der Waals surface area contributed by atoms with Gasteiger partial charge in [-0.15, -0.1) is 0 Å². The SMILES string of the molecule is CCNCC1CCN(S(=O)(=O)c2c[nH]c3nccc(Cl)c23)CC1. The molecule has 0 atom stereocenters. The number of nitrogens with zero attached hydrogens (tertiary/aromatic N) is 2. The van der Waals surface area contributed by atoms with Gasteiger partial charge in [0.25, 0.3) is 0 Å². The van der Waals surface area contributed by atoms with Crippen LogP contribution < -0.4 is 5.32 Å². The Morgan fingerprint density at radius 3 is 2.87 bits per heavy atom. The van der Waals surface area contributed by atoms with Gasteiger partial charge < -0.3 is 10.3 Å². The highest BCUT2D eigenvalue weighted by Gasteiger charge is 2.31. The van der Waals surface area contributed by atoms with E-state index in [1.165, 1.54) is 6.20 Å². The van der Waals surface area contributed by atoms with E-state index in [0.29, 0.717) is 35.1 Å². The molecule has 1 saturated heterocycles. The topological polar surface area (TPSA) is 78.1 Å². The van der Waals surface area contributed by atoms with Gasteiger partial charge in [0.15, 0.2) is 0 Å². The Labute approximate surface area is 141 Å². The lowest BCUT2D eigenvalue weighted by molar-refractivity contribution is 0.268. The summed E-state index contributed by atoms with van der Waals surface area (Å²) in [7, 11) is -3.55. The Hall–Kier alpha value is -1.15. The number of nitrogens with one attached hydrogen (secondary N) is 2. The van der Waals surface area contributed by atoms with Crippen molar-refractivity contribution in [2.75, 3.05) is 26.2 Å². The Balaban J connectivity index is 1.82. The molecule has 0 unspecified atom stereocenters. The predicted molar refractivity (Wildman–Crippen MR) is 91.1 cm³/mol. The van der Waals surface area contributed by atoms with Crippen molar-refractivity contribution < 1.29 is 8.42 Å². The van der Waals surface area contributed by atoms with Gasteiger partial charge in [0, 0.05) is 25.5 Å². The van der Waals surface area contributed by atoms with Gasteiger partial charge in [0.05, 0.1) is 10.4 Å². The van der Waals surface area contributed by atoms with Gasteiger partial charge in [-0.05, 0) is 37.9 Å². The maximum Gasteiger partial charge on any atom is 0.245 e. The number of halogens is 1. The molecule has 0 amide bonds. The normalized spacial score (nSPS) is 17.8. The van der Waals surface area contributed by atoms with Crippen LogP contribution >= 0.6 is 11.6 Å². The summed E-state index contributed by atoms with van der Waals surface area (Å²) in [5, 5.41) is 4.21. The maximum atomic E-state index is 12.9. The number of H-pyrrole nitrogens is 1. The van der Waals surface area contributed by atoms with Crippen LogP contribution in [0, 0.1) is 5.92 Å². The highest BCUT2D eigenvalue weighted by molar-refractivity contribution is 7.89. The third-order valence-electron chi connectivity index (χ3n) is 4.36. The molecule has 0 bridgehead atoms. The summed E-state index contributed by atoms with van der Waals surface area (Å²) in [4.78, 5) is 7.25. The van der Waals surface area contributed by atoms with E-state index in [1.807, 2.05) is 0 Å². The number of aromatic amines is 1. The number of sulfonamides is 1. The summed E-state index contributed by atoms with van der Waals surface area (Å²) in [5.74, 6) is 0.537. The monoisotopic (exact) mass is 356 g/mol. The highest BCUT2D eigenvalue weighted by atomic mass is 35.5. The molecule has 8 heteroatoms. The zero-order valence-corrected chi connectivity index (χ0v) is 14.6. The first kappa shape index (κ1) is 16.7. The van der Waals surface area contributed by atoms with Crippen LogP contribution in [-0.2, 0) is 10.0 Å². The van der Waals surface area contributed by atoms with Crippen LogP contribution in [0.15, 0.2) is 23.4 Å². The Morgan fingerprint density at radius 1 is 1.43 bits per heavy atom. The van der Waals surface area contributed by atoms with Crippen LogP contribution in [0.3, 0.4) is 0 Å². The molecule has 2 aromatic rings. The minimum absolute atomic E-state index is 0.218. The van der Waals surface area contributed by atoms with Gasteiger partial charge in [-0.1, -0.05) is 18.5 Å². The zero-order valence-electron chi connectivity index (χ0n) is 13.0. The van der Waals surface area contributed by atoms with Gasteiger partial charge in [-0.25, -0.2) is 13.4 Å². The van der Waals surface area contributed by atoms with E-state index in [9.17, 15) is 8.42 Å². The van der Waals surface area contributed by atoms with E-state index in [1.54, 1.807) is 16.6 Å². The molecule has 6 nitrogen and oxygen atoms in total. The second-order valence-corrected chi connectivity index (χ2v) is 8.14. The standard InChI is InChI=1S/C15H21ClN4O2S/c1-2-17-9-11-4-7-20(8-5-11)23(21,22)13-10-19-15-14(13)12(16)3-6-18-15/h3,6,10-11,17H,2,4-5,7-9H2,1H3,(H,18,19). The second kappa shape index (κ2) is 6.76. The molecule has 3 heterocycles. The molecule has 1 aliphatic heterocycles. The van der Waals surface area contributed by atoms with Crippen molar-refractivity contribution in [3.05, 3.63) is 23.5 Å². The van der Waals surface area contributed by atoms with Crippen LogP contribution in [0.25, 0.3) is 11.0 Å². The molecule has 1 fully saturated rings. The van der Waals surface area contributed by atoms with Crippen molar-refractivity contribution in [3.8, 4) is 0 Å². The third-order valence-corrected chi connectivity index (χ3v) is 6.60. The van der Waals surface area contributed by atoms with Crippen LogP contribution in [0.5, 0.6) is 0 Å². The number of piperidine rings is 1. The third kappa shape index (κ3) is 3.24. The lowest BCUT2D eigenvalue weighted by Gasteiger charge is -2.31. The molecule has 0 radical (unpaired) electrons. The summed E-state index contributed by atoms with van der Waals surface area (Å²) >= 11 is 6.18. The number of pyridine rings is 1. The van der Waals surface area contributed by atoms with Crippen LogP contribution in [0.2, 0.25) is 5.02 Å². The first-order chi connectivity index (χ1) is 11.0. The Bertz CT molecular complexity index is 782. The van der Waals surface area contributed by atoms with Crippen molar-refractivity contribution in [1.29, 1.82) is 0 Å². The quantitative estimate of drug-likeness (QED) is 0.861. The average molecular weight is 357 g/mol. The molecule has 0 saturated carbocycles. The van der Waals surface area contributed by atoms with E-state index in [4.69, 9.17) is 11.6 Å². The van der Waals surface area contributed by atoms with Crippen LogP contribution in [0.4, 0.5) is 0 Å². The lowest BCUT2D eigenvalue weighted by Crippen LogP contribution is -2.40. The van der Waals surface area contributed by atoms with E-state index in [-0.39, 0.29) is 4.90 Å². The van der Waals surface area contributed by atoms with Crippen molar-refractivity contribution >= 4 is 32.7 Å². The van der Waals surface area contributed by atoms with E-state index < -0.39 is 10.0 Å². The van der Waals surface area contributed by atoms with Crippen LogP contribution in [0.1, 0.15) is 19.8 Å². The van der Waals surface area contributed by atoms with Crippen LogP contribution in [-0.4, -0.2) is 48.9 Å². The molecule has 2 N–H and O–H groups in total. The molecule has 0 spiro atoms. The summed E-state index contributed by atoms with van der Waals surface area (Å²) in [6.07, 6.45) is 4.80. The zero-order chi connectivity index (χ0) is 16.4. The lowest BCUT2D eigenvalue weighted by atomic mass is 9.98. The van der Waals surface area contributed by atoms with Gasteiger partial charge in [0.1, 0.15) is 10.5 Å². The van der Waals surface area contributed by atoms with Crippen molar-refractivity contribution in [3.63, 3.8) is 0 Å². The molecule has 0 aromatic carbocycles. The summed E-state index contributed by atoms with van der Waals surface area (Å²) in [6, 6.07) is 1.61. The highest BCUT2D eigenvalue weighted by Crippen LogP contribution is 2.31. The Morgan fingerprint density at radius 2 is 2.17 bits per heavy atom. The fourth-order valence-corrected chi connectivity index (χ4v) is 4.98. The van der Waals surface area contributed by atoms with Gasteiger partial charge in [-0.3, -0.25) is 0 Å². The van der Waals surface area contributed by atoms with E-state index in [2.05, 4.69) is 22.2 Å². The number of rotatable bonds is 5. The smallest absolute Gasteiger partial charge is 0.245 e. The van der Waals surface area contributed by atoms with Gasteiger partial charge in [0.2, 0.25) is 10.0 Å². The molecule has 126 valence electrons. The molecule has 0 aliphatic carbocycles. The van der Waals surface area contributed by atoms with Crippen molar-refractivity contribution in [1.82, 2.24) is 19.6 Å². The fourth-order valence-electron chi connectivity index (χ4n) is 3.03. The molecular weight excluding hydrogens is 336 g/mol. The first-order valence-electron chi connectivity index (χ1n) is 7.86. The van der Waals surface area contributed by atoms with E-state index >= 15 is 0 Å². The maximum absolute atomic E-state index is 12.9.